The topological polar surface area (TPSA) is 66.0 Å². The number of nitrogens with zero attached hydrogens (tertiary/aromatic N) is 4. The van der Waals surface area contributed by atoms with E-state index in [9.17, 15) is 30.7 Å². The zero-order valence-electron chi connectivity index (χ0n) is 14.9. The first kappa shape index (κ1) is 21.6. The van der Waals surface area contributed by atoms with E-state index in [4.69, 9.17) is 4.74 Å². The summed E-state index contributed by atoms with van der Waals surface area (Å²) in [6.45, 7) is 1.04. The Labute approximate surface area is 164 Å². The Bertz CT molecular complexity index is 953. The van der Waals surface area contributed by atoms with Crippen LogP contribution in [-0.4, -0.2) is 38.4 Å². The van der Waals surface area contributed by atoms with E-state index >= 15 is 0 Å². The van der Waals surface area contributed by atoms with Gasteiger partial charge < -0.3 is 13.8 Å². The van der Waals surface area contributed by atoms with E-state index in [0.29, 0.717) is 25.3 Å². The molecule has 162 valence electrons. The van der Waals surface area contributed by atoms with E-state index in [2.05, 4.69) is 19.6 Å². The van der Waals surface area contributed by atoms with Crippen molar-refractivity contribution in [1.82, 2.24) is 19.7 Å². The SMILES string of the molecule is FC(F)(F)C(F)(F)C(F)(F)c1nc(-c2ccc(OCCCn3ccnc3)cc2)no1. The van der Waals surface area contributed by atoms with E-state index in [-0.39, 0.29) is 5.56 Å². The second-order valence-corrected chi connectivity index (χ2v) is 6.10. The van der Waals surface area contributed by atoms with Gasteiger partial charge in [-0.25, -0.2) is 4.98 Å². The van der Waals surface area contributed by atoms with E-state index in [1.165, 1.54) is 24.3 Å². The average molecular weight is 438 g/mol. The van der Waals surface area contributed by atoms with Crippen LogP contribution >= 0.6 is 0 Å². The lowest BCUT2D eigenvalue weighted by Gasteiger charge is -2.25. The van der Waals surface area contributed by atoms with Crippen molar-refractivity contribution in [2.45, 2.75) is 31.0 Å². The lowest BCUT2D eigenvalue weighted by atomic mass is 10.1. The normalized spacial score (nSPS) is 12.9. The van der Waals surface area contributed by atoms with Crippen molar-refractivity contribution in [3.63, 3.8) is 0 Å². The fraction of sp³-hybridized carbons (Fsp3) is 0.353. The van der Waals surface area contributed by atoms with Gasteiger partial charge in [-0.15, -0.1) is 0 Å². The van der Waals surface area contributed by atoms with Crippen LogP contribution in [0.2, 0.25) is 0 Å². The quantitative estimate of drug-likeness (QED) is 0.377. The highest BCUT2D eigenvalue weighted by molar-refractivity contribution is 5.55. The maximum absolute atomic E-state index is 13.6. The van der Waals surface area contributed by atoms with Gasteiger partial charge in [-0.05, 0) is 30.7 Å². The van der Waals surface area contributed by atoms with E-state index < -0.39 is 29.7 Å². The van der Waals surface area contributed by atoms with Crippen molar-refractivity contribution in [3.05, 3.63) is 48.9 Å². The molecule has 0 N–H and O–H groups in total. The van der Waals surface area contributed by atoms with Gasteiger partial charge in [0.25, 0.3) is 0 Å². The van der Waals surface area contributed by atoms with Gasteiger partial charge in [0.15, 0.2) is 0 Å². The zero-order chi connectivity index (χ0) is 22.0. The molecule has 0 amide bonds. The molecule has 0 aliphatic heterocycles. The molecule has 6 nitrogen and oxygen atoms in total. The van der Waals surface area contributed by atoms with Gasteiger partial charge in [0.1, 0.15) is 5.75 Å². The summed E-state index contributed by atoms with van der Waals surface area (Å²) in [6, 6.07) is 5.51. The van der Waals surface area contributed by atoms with Crippen LogP contribution in [-0.2, 0) is 12.5 Å². The summed E-state index contributed by atoms with van der Waals surface area (Å²) in [6.07, 6.45) is -0.732. The first-order valence-corrected chi connectivity index (χ1v) is 8.38. The average Bonchev–Trinajstić information content (AvgIpc) is 3.37. The van der Waals surface area contributed by atoms with Crippen LogP contribution in [0.1, 0.15) is 12.3 Å². The minimum Gasteiger partial charge on any atom is -0.494 e. The Morgan fingerprint density at radius 3 is 2.30 bits per heavy atom. The van der Waals surface area contributed by atoms with Gasteiger partial charge in [0.05, 0.1) is 12.9 Å². The Kier molecular flexibility index (Phi) is 5.72. The lowest BCUT2D eigenvalue weighted by molar-refractivity contribution is -0.364. The van der Waals surface area contributed by atoms with Gasteiger partial charge in [0.2, 0.25) is 5.82 Å². The van der Waals surface area contributed by atoms with Crippen LogP contribution in [0.4, 0.5) is 30.7 Å². The van der Waals surface area contributed by atoms with Crippen molar-refractivity contribution in [1.29, 1.82) is 0 Å². The number of halogens is 7. The summed E-state index contributed by atoms with van der Waals surface area (Å²) < 4.78 is 101. The summed E-state index contributed by atoms with van der Waals surface area (Å²) >= 11 is 0. The molecule has 13 heteroatoms. The van der Waals surface area contributed by atoms with Crippen molar-refractivity contribution in [2.75, 3.05) is 6.61 Å². The molecular formula is C17H13F7N4O2. The molecule has 3 aromatic rings. The highest BCUT2D eigenvalue weighted by Gasteiger charge is 2.76. The monoisotopic (exact) mass is 438 g/mol. The first-order chi connectivity index (χ1) is 14.0. The van der Waals surface area contributed by atoms with E-state index in [0.717, 1.165) is 0 Å². The highest BCUT2D eigenvalue weighted by Crippen LogP contribution is 2.51. The smallest absolute Gasteiger partial charge is 0.460 e. The fourth-order valence-electron chi connectivity index (χ4n) is 2.34. The second-order valence-electron chi connectivity index (χ2n) is 6.10. The molecule has 0 saturated heterocycles. The van der Waals surface area contributed by atoms with Crippen LogP contribution in [0, 0.1) is 0 Å². The number of alkyl halides is 7. The Morgan fingerprint density at radius 1 is 1.00 bits per heavy atom. The second kappa shape index (κ2) is 7.95. The molecule has 0 saturated carbocycles. The fourth-order valence-corrected chi connectivity index (χ4v) is 2.34. The first-order valence-electron chi connectivity index (χ1n) is 8.38. The lowest BCUT2D eigenvalue weighted by Crippen LogP contribution is -2.50. The number of imidazole rings is 1. The minimum atomic E-state index is -6.50. The van der Waals surface area contributed by atoms with Gasteiger partial charge in [-0.3, -0.25) is 0 Å². The molecule has 0 fully saturated rings. The third-order valence-corrected chi connectivity index (χ3v) is 3.95. The molecule has 30 heavy (non-hydrogen) atoms. The molecule has 3 rings (SSSR count). The van der Waals surface area contributed by atoms with Crippen molar-refractivity contribution in [2.24, 2.45) is 0 Å². The Morgan fingerprint density at radius 2 is 1.70 bits per heavy atom. The molecule has 2 heterocycles. The largest absolute Gasteiger partial charge is 0.494 e. The molecule has 0 bridgehead atoms. The summed E-state index contributed by atoms with van der Waals surface area (Å²) in [4.78, 5) is 6.91. The predicted octanol–water partition coefficient (Wildman–Crippen LogP) is 4.69. The van der Waals surface area contributed by atoms with Crippen LogP contribution < -0.4 is 4.74 Å². The Balaban J connectivity index is 1.64. The Hall–Kier alpha value is -3.12. The minimum absolute atomic E-state index is 0.0573. The maximum atomic E-state index is 13.6. The molecular weight excluding hydrogens is 425 g/mol. The summed E-state index contributed by atoms with van der Waals surface area (Å²) in [5, 5.41) is 3.07. The summed E-state index contributed by atoms with van der Waals surface area (Å²) in [5.41, 5.74) is 0.0573. The third kappa shape index (κ3) is 4.24. The van der Waals surface area contributed by atoms with Crippen molar-refractivity contribution >= 4 is 0 Å². The van der Waals surface area contributed by atoms with Gasteiger partial charge in [0, 0.05) is 24.5 Å². The molecule has 0 atom stereocenters. The van der Waals surface area contributed by atoms with Crippen LogP contribution in [0.3, 0.4) is 0 Å². The number of aromatic nitrogens is 4. The van der Waals surface area contributed by atoms with E-state index in [1.54, 1.807) is 18.7 Å². The van der Waals surface area contributed by atoms with Gasteiger partial charge in [-0.1, -0.05) is 5.16 Å². The molecule has 0 spiro atoms. The number of aryl methyl sites for hydroxylation is 1. The summed E-state index contributed by atoms with van der Waals surface area (Å²) in [5.74, 6) is -14.4. The molecule has 0 unspecified atom stereocenters. The van der Waals surface area contributed by atoms with Crippen LogP contribution in [0.5, 0.6) is 5.75 Å². The molecule has 0 radical (unpaired) electrons. The molecule has 0 aliphatic rings. The summed E-state index contributed by atoms with van der Waals surface area (Å²) in [7, 11) is 0. The van der Waals surface area contributed by atoms with Crippen molar-refractivity contribution < 1.29 is 40.0 Å². The number of rotatable bonds is 8. The number of hydrogen-bond donors (Lipinski definition) is 0. The maximum Gasteiger partial charge on any atom is 0.460 e. The number of benzene rings is 1. The van der Waals surface area contributed by atoms with Crippen molar-refractivity contribution in [3.8, 4) is 17.1 Å². The molecule has 2 aromatic heterocycles. The highest BCUT2D eigenvalue weighted by atomic mass is 19.4. The zero-order valence-corrected chi connectivity index (χ0v) is 14.9. The predicted molar refractivity (Wildman–Crippen MR) is 87.0 cm³/mol. The third-order valence-electron chi connectivity index (χ3n) is 3.95. The van der Waals surface area contributed by atoms with E-state index in [1.807, 2.05) is 4.57 Å². The number of hydrogen-bond acceptors (Lipinski definition) is 5. The van der Waals surface area contributed by atoms with Crippen LogP contribution in [0.25, 0.3) is 11.4 Å². The molecule has 1 aromatic carbocycles. The standard InChI is InChI=1S/C17H13F7N4O2/c18-15(19,16(20,21)17(22,23)24)14-26-13(27-30-14)11-2-4-12(5-3-11)29-9-1-7-28-8-6-25-10-28/h2-6,8,10H,1,7,9H2. The van der Waals surface area contributed by atoms with Crippen LogP contribution in [0.15, 0.2) is 47.5 Å². The number of ether oxygens (including phenoxy) is 1. The molecule has 0 aliphatic carbocycles. The van der Waals surface area contributed by atoms with Gasteiger partial charge >= 0.3 is 23.9 Å². The van der Waals surface area contributed by atoms with Gasteiger partial charge in [-0.2, -0.15) is 35.7 Å².